The molecule has 2 N–H and O–H groups in total. The molecule has 0 amide bonds. The average molecular weight is 338 g/mol. The molecule has 0 radical (unpaired) electrons. The Morgan fingerprint density at radius 1 is 1.59 bits per heavy atom. The molecule has 1 aromatic heterocycles. The number of halogens is 2. The van der Waals surface area contributed by atoms with Gasteiger partial charge in [0.1, 0.15) is 4.34 Å². The minimum Gasteiger partial charge on any atom is -0.330 e. The zero-order chi connectivity index (χ0) is 12.4. The summed E-state index contributed by atoms with van der Waals surface area (Å²) in [6.45, 7) is 1.78. The van der Waals surface area contributed by atoms with Gasteiger partial charge in [-0.1, -0.05) is 18.0 Å². The zero-order valence-electron chi connectivity index (χ0n) is 9.96. The number of hydrogen-bond donors (Lipinski definition) is 1. The summed E-state index contributed by atoms with van der Waals surface area (Å²) in [6, 6.07) is 2.76. The van der Waals surface area contributed by atoms with Crippen LogP contribution in [0.25, 0.3) is 0 Å². The van der Waals surface area contributed by atoms with Crippen LogP contribution in [0, 0.1) is 5.92 Å². The molecule has 2 rings (SSSR count). The maximum Gasteiger partial charge on any atom is 0.107 e. The van der Waals surface area contributed by atoms with Crippen molar-refractivity contribution in [3.8, 4) is 0 Å². The molecule has 2 unspecified atom stereocenters. The quantitative estimate of drug-likeness (QED) is 0.907. The van der Waals surface area contributed by atoms with Crippen LogP contribution in [0.3, 0.4) is 0 Å². The standard InChI is InChI=1S/C12H18BrClN2S/c1-16(11-4-2-3-8(11)6-15)7-9-5-10(13)12(14)17-9/h5,8,11H,2-4,6-7,15H2,1H3. The number of nitrogens with zero attached hydrogens (tertiary/aromatic N) is 1. The van der Waals surface area contributed by atoms with Crippen molar-refractivity contribution in [3.63, 3.8) is 0 Å². The molecule has 0 aromatic carbocycles. The molecule has 0 saturated heterocycles. The molecule has 0 aliphatic heterocycles. The SMILES string of the molecule is CN(Cc1cc(Br)c(Cl)s1)C1CCCC1CN. The van der Waals surface area contributed by atoms with Crippen molar-refractivity contribution >= 4 is 38.9 Å². The molecule has 17 heavy (non-hydrogen) atoms. The van der Waals surface area contributed by atoms with Crippen LogP contribution in [0.1, 0.15) is 24.1 Å². The maximum atomic E-state index is 6.06. The van der Waals surface area contributed by atoms with Gasteiger partial charge in [0.2, 0.25) is 0 Å². The first-order valence-electron chi connectivity index (χ1n) is 5.96. The first-order valence-corrected chi connectivity index (χ1v) is 7.94. The second kappa shape index (κ2) is 6.02. The van der Waals surface area contributed by atoms with Crippen LogP contribution in [0.4, 0.5) is 0 Å². The molecule has 5 heteroatoms. The maximum absolute atomic E-state index is 6.06. The van der Waals surface area contributed by atoms with Crippen LogP contribution >= 0.6 is 38.9 Å². The van der Waals surface area contributed by atoms with Gasteiger partial charge in [0, 0.05) is 21.9 Å². The van der Waals surface area contributed by atoms with Gasteiger partial charge in [-0.25, -0.2) is 0 Å². The van der Waals surface area contributed by atoms with Gasteiger partial charge in [-0.15, -0.1) is 11.3 Å². The number of rotatable bonds is 4. The van der Waals surface area contributed by atoms with E-state index < -0.39 is 0 Å². The Hall–Kier alpha value is 0.390. The molecule has 96 valence electrons. The summed E-state index contributed by atoms with van der Waals surface area (Å²) >= 11 is 11.2. The Morgan fingerprint density at radius 2 is 2.35 bits per heavy atom. The van der Waals surface area contributed by atoms with Crippen LogP contribution < -0.4 is 5.73 Å². The largest absolute Gasteiger partial charge is 0.330 e. The van der Waals surface area contributed by atoms with Gasteiger partial charge in [0.15, 0.2) is 0 Å². The van der Waals surface area contributed by atoms with Gasteiger partial charge in [0.25, 0.3) is 0 Å². The Labute approximate surface area is 120 Å². The molecule has 1 fully saturated rings. The van der Waals surface area contributed by atoms with Crippen LogP contribution in [0.2, 0.25) is 4.34 Å². The summed E-state index contributed by atoms with van der Waals surface area (Å²) < 4.78 is 1.85. The lowest BCUT2D eigenvalue weighted by Crippen LogP contribution is -2.37. The lowest BCUT2D eigenvalue weighted by atomic mass is 10.0. The van der Waals surface area contributed by atoms with Crippen molar-refractivity contribution in [2.75, 3.05) is 13.6 Å². The van der Waals surface area contributed by atoms with Gasteiger partial charge in [-0.05, 0) is 54.3 Å². The summed E-state index contributed by atoms with van der Waals surface area (Å²) in [4.78, 5) is 3.74. The highest BCUT2D eigenvalue weighted by Crippen LogP contribution is 2.34. The van der Waals surface area contributed by atoms with Crippen molar-refractivity contribution in [2.24, 2.45) is 11.7 Å². The fourth-order valence-corrected chi connectivity index (χ4v) is 4.56. The number of hydrogen-bond acceptors (Lipinski definition) is 3. The van der Waals surface area contributed by atoms with Gasteiger partial charge in [0.05, 0.1) is 0 Å². The van der Waals surface area contributed by atoms with E-state index in [0.717, 1.165) is 21.9 Å². The number of thiophene rings is 1. The van der Waals surface area contributed by atoms with E-state index >= 15 is 0 Å². The highest BCUT2D eigenvalue weighted by Gasteiger charge is 2.29. The second-order valence-corrected chi connectivity index (χ2v) is 7.34. The van der Waals surface area contributed by atoms with Crippen molar-refractivity contribution in [3.05, 3.63) is 19.8 Å². The van der Waals surface area contributed by atoms with Crippen LogP contribution in [-0.2, 0) is 6.54 Å². The third-order valence-corrected chi connectivity index (χ3v) is 6.05. The zero-order valence-corrected chi connectivity index (χ0v) is 13.1. The topological polar surface area (TPSA) is 29.3 Å². The number of nitrogens with two attached hydrogens (primary N) is 1. The van der Waals surface area contributed by atoms with E-state index in [-0.39, 0.29) is 0 Å². The Morgan fingerprint density at radius 3 is 2.94 bits per heavy atom. The summed E-state index contributed by atoms with van der Waals surface area (Å²) in [7, 11) is 2.19. The molecule has 0 bridgehead atoms. The Balaban J connectivity index is 1.98. The smallest absolute Gasteiger partial charge is 0.107 e. The predicted molar refractivity (Wildman–Crippen MR) is 78.7 cm³/mol. The first-order chi connectivity index (χ1) is 8.11. The summed E-state index contributed by atoms with van der Waals surface area (Å²) in [5.41, 5.74) is 5.83. The fraction of sp³-hybridized carbons (Fsp3) is 0.667. The Kier molecular flexibility index (Phi) is 4.89. The van der Waals surface area contributed by atoms with Crippen LogP contribution in [0.15, 0.2) is 10.5 Å². The van der Waals surface area contributed by atoms with E-state index in [1.165, 1.54) is 24.1 Å². The molecule has 1 saturated carbocycles. The predicted octanol–water partition coefficient (Wildman–Crippen LogP) is 3.72. The molecule has 2 atom stereocenters. The minimum atomic E-state index is 0.639. The lowest BCUT2D eigenvalue weighted by molar-refractivity contribution is 0.194. The molecule has 1 aliphatic rings. The van der Waals surface area contributed by atoms with Crippen LogP contribution in [0.5, 0.6) is 0 Å². The molecular formula is C12H18BrClN2S. The summed E-state index contributed by atoms with van der Waals surface area (Å²) in [6.07, 6.45) is 3.87. The van der Waals surface area contributed by atoms with Crippen molar-refractivity contribution in [2.45, 2.75) is 31.8 Å². The summed E-state index contributed by atoms with van der Waals surface area (Å²) in [5, 5.41) is 0. The molecule has 0 spiro atoms. The lowest BCUT2D eigenvalue weighted by Gasteiger charge is -2.28. The third kappa shape index (κ3) is 3.24. The normalized spacial score (nSPS) is 24.8. The molecular weight excluding hydrogens is 320 g/mol. The molecule has 2 nitrogen and oxygen atoms in total. The highest BCUT2D eigenvalue weighted by atomic mass is 79.9. The van der Waals surface area contributed by atoms with Crippen molar-refractivity contribution < 1.29 is 0 Å². The first kappa shape index (κ1) is 13.8. The summed E-state index contributed by atoms with van der Waals surface area (Å²) in [5.74, 6) is 0.666. The third-order valence-electron chi connectivity index (χ3n) is 3.59. The van der Waals surface area contributed by atoms with Crippen LogP contribution in [-0.4, -0.2) is 24.5 Å². The van der Waals surface area contributed by atoms with E-state index in [1.807, 2.05) is 0 Å². The van der Waals surface area contributed by atoms with Gasteiger partial charge in [-0.3, -0.25) is 4.90 Å². The van der Waals surface area contributed by atoms with Gasteiger partial charge < -0.3 is 5.73 Å². The van der Waals surface area contributed by atoms with Crippen molar-refractivity contribution in [1.82, 2.24) is 4.90 Å². The van der Waals surface area contributed by atoms with Crippen molar-refractivity contribution in [1.29, 1.82) is 0 Å². The average Bonchev–Trinajstić information content (AvgIpc) is 2.86. The van der Waals surface area contributed by atoms with E-state index in [2.05, 4.69) is 33.9 Å². The Bertz CT molecular complexity index is 363. The van der Waals surface area contributed by atoms with E-state index in [0.29, 0.717) is 12.0 Å². The fourth-order valence-electron chi connectivity index (χ4n) is 2.70. The van der Waals surface area contributed by atoms with E-state index in [9.17, 15) is 0 Å². The molecule has 1 aromatic rings. The van der Waals surface area contributed by atoms with Gasteiger partial charge in [-0.2, -0.15) is 0 Å². The molecule has 1 heterocycles. The van der Waals surface area contributed by atoms with E-state index in [1.54, 1.807) is 11.3 Å². The van der Waals surface area contributed by atoms with Gasteiger partial charge >= 0.3 is 0 Å². The molecule has 1 aliphatic carbocycles. The van der Waals surface area contributed by atoms with E-state index in [4.69, 9.17) is 17.3 Å². The second-order valence-electron chi connectivity index (χ2n) is 4.74. The monoisotopic (exact) mass is 336 g/mol. The minimum absolute atomic E-state index is 0.639. The highest BCUT2D eigenvalue weighted by molar-refractivity contribution is 9.10.